The van der Waals surface area contributed by atoms with Crippen LogP contribution in [0.5, 0.6) is 0 Å². The summed E-state index contributed by atoms with van der Waals surface area (Å²) in [5.41, 5.74) is 0. The second-order valence-electron chi connectivity index (χ2n) is 3.51. The van der Waals surface area contributed by atoms with Crippen LogP contribution in [0.1, 0.15) is 6.92 Å². The van der Waals surface area contributed by atoms with E-state index in [1.165, 1.54) is 0 Å². The zero-order valence-corrected chi connectivity index (χ0v) is 9.05. The van der Waals surface area contributed by atoms with E-state index in [-0.39, 0.29) is 6.47 Å². The number of aliphatic hydroxyl groups is 3. The Kier molecular flexibility index (Phi) is 4.82. The van der Waals surface area contributed by atoms with Gasteiger partial charge in [0.1, 0.15) is 12.2 Å². The Balaban J connectivity index is 2.84. The fourth-order valence-electron chi connectivity index (χ4n) is 1.60. The topological polar surface area (TPSA) is 123 Å². The predicted molar refractivity (Wildman–Crippen MR) is 50.5 cm³/mol. The van der Waals surface area contributed by atoms with Crippen molar-refractivity contribution in [2.24, 2.45) is 0 Å². The zero-order valence-electron chi connectivity index (χ0n) is 9.05. The van der Waals surface area contributed by atoms with E-state index in [4.69, 9.17) is 14.6 Å². The van der Waals surface area contributed by atoms with E-state index in [1.807, 2.05) is 0 Å². The molecule has 1 rings (SSSR count). The van der Waals surface area contributed by atoms with Crippen LogP contribution in [0, 0.1) is 0 Å². The number of esters is 1. The van der Waals surface area contributed by atoms with Gasteiger partial charge in [-0.15, -0.1) is 0 Å². The molecule has 0 saturated carbocycles. The molecule has 0 spiro atoms. The van der Waals surface area contributed by atoms with Crippen LogP contribution in [0.4, 0.5) is 0 Å². The van der Waals surface area contributed by atoms with Crippen molar-refractivity contribution in [1.82, 2.24) is 0 Å². The second kappa shape index (κ2) is 5.92. The number of rotatable bonds is 4. The van der Waals surface area contributed by atoms with Crippen molar-refractivity contribution in [3.05, 3.63) is 0 Å². The molecule has 1 aliphatic heterocycles. The van der Waals surface area contributed by atoms with Crippen LogP contribution < -0.4 is 0 Å². The smallest absolute Gasteiger partial charge is 0.303 e. The second-order valence-corrected chi connectivity index (χ2v) is 3.51. The van der Waals surface area contributed by atoms with Crippen molar-refractivity contribution in [1.29, 1.82) is 0 Å². The summed E-state index contributed by atoms with van der Waals surface area (Å²) in [6, 6.07) is 0. The number of aliphatic hydroxyl groups excluding tert-OH is 3. The quantitative estimate of drug-likeness (QED) is 0.370. The summed E-state index contributed by atoms with van der Waals surface area (Å²) < 4.78 is 14.1. The minimum Gasteiger partial charge on any atom is -0.458 e. The molecule has 1 saturated heterocycles. The Morgan fingerprint density at radius 1 is 1.41 bits per heavy atom. The zero-order chi connectivity index (χ0) is 13.0. The van der Waals surface area contributed by atoms with E-state index in [0.717, 1.165) is 6.92 Å². The van der Waals surface area contributed by atoms with Crippen LogP contribution in [0.3, 0.4) is 0 Å². The summed E-state index contributed by atoms with van der Waals surface area (Å²) in [4.78, 5) is 21.1. The fourth-order valence-corrected chi connectivity index (χ4v) is 1.60. The normalized spacial score (nSPS) is 37.3. The minimum atomic E-state index is -1.59. The summed E-state index contributed by atoms with van der Waals surface area (Å²) in [6.07, 6.45) is -6.75. The Labute approximate surface area is 96.7 Å². The Morgan fingerprint density at radius 2 is 2.06 bits per heavy atom. The molecule has 0 aromatic carbocycles. The van der Waals surface area contributed by atoms with E-state index in [9.17, 15) is 19.8 Å². The van der Waals surface area contributed by atoms with E-state index in [1.54, 1.807) is 0 Å². The third kappa shape index (κ3) is 3.13. The van der Waals surface area contributed by atoms with Crippen molar-refractivity contribution >= 4 is 12.4 Å². The Morgan fingerprint density at radius 3 is 2.53 bits per heavy atom. The van der Waals surface area contributed by atoms with Gasteiger partial charge in [0.25, 0.3) is 6.47 Å². The summed E-state index contributed by atoms with van der Waals surface area (Å²) in [5, 5.41) is 28.1. The molecule has 0 aliphatic carbocycles. The lowest BCUT2D eigenvalue weighted by molar-refractivity contribution is -0.291. The first-order chi connectivity index (χ1) is 8.01. The van der Waals surface area contributed by atoms with E-state index in [2.05, 4.69) is 4.74 Å². The van der Waals surface area contributed by atoms with Gasteiger partial charge in [0, 0.05) is 6.92 Å². The standard InChI is InChI=1S/C9H14O8/c1-4(12)16-8-7(15-3-11)6(13)5(2-10)17-9(8)14/h3,5-10,13-14H,2H2,1H3/t5-,6-,7+,8+,9?/m1/s1. The minimum absolute atomic E-state index is 0.0524. The molecule has 0 aromatic heterocycles. The van der Waals surface area contributed by atoms with E-state index in [0.29, 0.717) is 0 Å². The first-order valence-corrected chi connectivity index (χ1v) is 4.90. The van der Waals surface area contributed by atoms with Crippen LogP contribution in [0.2, 0.25) is 0 Å². The molecule has 17 heavy (non-hydrogen) atoms. The van der Waals surface area contributed by atoms with Gasteiger partial charge in [-0.2, -0.15) is 0 Å². The van der Waals surface area contributed by atoms with Crippen LogP contribution in [-0.4, -0.2) is 65.1 Å². The highest BCUT2D eigenvalue weighted by Crippen LogP contribution is 2.24. The number of carbonyl (C=O) groups excluding carboxylic acids is 2. The monoisotopic (exact) mass is 250 g/mol. The van der Waals surface area contributed by atoms with E-state index >= 15 is 0 Å². The van der Waals surface area contributed by atoms with Crippen LogP contribution >= 0.6 is 0 Å². The van der Waals surface area contributed by atoms with Gasteiger partial charge in [-0.25, -0.2) is 0 Å². The summed E-state index contributed by atoms with van der Waals surface area (Å²) in [5.74, 6) is -0.730. The molecule has 5 atom stereocenters. The van der Waals surface area contributed by atoms with Crippen molar-refractivity contribution in [2.45, 2.75) is 37.6 Å². The number of ether oxygens (including phenoxy) is 3. The van der Waals surface area contributed by atoms with Gasteiger partial charge in [0.15, 0.2) is 18.5 Å². The van der Waals surface area contributed by atoms with Crippen LogP contribution in [-0.2, 0) is 23.8 Å². The van der Waals surface area contributed by atoms with Crippen LogP contribution in [0.15, 0.2) is 0 Å². The molecule has 3 N–H and O–H groups in total. The average molecular weight is 250 g/mol. The number of hydrogen-bond acceptors (Lipinski definition) is 8. The molecule has 8 heteroatoms. The molecular formula is C9H14O8. The third-order valence-corrected chi connectivity index (χ3v) is 2.33. The number of hydrogen-bond donors (Lipinski definition) is 3. The first-order valence-electron chi connectivity index (χ1n) is 4.90. The van der Waals surface area contributed by atoms with Gasteiger partial charge in [-0.1, -0.05) is 0 Å². The Hall–Kier alpha value is -1.22. The molecule has 0 amide bonds. The third-order valence-electron chi connectivity index (χ3n) is 2.33. The molecular weight excluding hydrogens is 236 g/mol. The summed E-state index contributed by atoms with van der Waals surface area (Å²) in [6.45, 7) is 0.565. The largest absolute Gasteiger partial charge is 0.458 e. The molecule has 8 nitrogen and oxygen atoms in total. The molecule has 1 heterocycles. The predicted octanol–water partition coefficient (Wildman–Crippen LogP) is -2.47. The van der Waals surface area contributed by atoms with Gasteiger partial charge in [0.2, 0.25) is 0 Å². The van der Waals surface area contributed by atoms with Crippen molar-refractivity contribution < 1.29 is 39.1 Å². The molecule has 98 valence electrons. The van der Waals surface area contributed by atoms with Crippen LogP contribution in [0.25, 0.3) is 0 Å². The summed E-state index contributed by atoms with van der Waals surface area (Å²) in [7, 11) is 0. The van der Waals surface area contributed by atoms with Crippen molar-refractivity contribution in [3.63, 3.8) is 0 Å². The first kappa shape index (κ1) is 13.8. The van der Waals surface area contributed by atoms with Crippen molar-refractivity contribution in [3.8, 4) is 0 Å². The Bertz CT molecular complexity index is 280. The molecule has 1 fully saturated rings. The maximum Gasteiger partial charge on any atom is 0.303 e. The molecule has 1 unspecified atom stereocenters. The fraction of sp³-hybridized carbons (Fsp3) is 0.778. The maximum atomic E-state index is 10.8. The highest BCUT2D eigenvalue weighted by molar-refractivity contribution is 5.66. The summed E-state index contributed by atoms with van der Waals surface area (Å²) >= 11 is 0. The lowest BCUT2D eigenvalue weighted by atomic mass is 9.99. The van der Waals surface area contributed by atoms with Gasteiger partial charge >= 0.3 is 5.97 Å². The highest BCUT2D eigenvalue weighted by atomic mass is 16.7. The lowest BCUT2D eigenvalue weighted by Crippen LogP contribution is -2.60. The number of carbonyl (C=O) groups is 2. The van der Waals surface area contributed by atoms with Crippen molar-refractivity contribution in [2.75, 3.05) is 6.61 Å². The van der Waals surface area contributed by atoms with Gasteiger partial charge in [0.05, 0.1) is 6.61 Å². The van der Waals surface area contributed by atoms with Gasteiger partial charge < -0.3 is 29.5 Å². The molecule has 0 aromatic rings. The lowest BCUT2D eigenvalue weighted by Gasteiger charge is -2.40. The molecule has 1 aliphatic rings. The highest BCUT2D eigenvalue weighted by Gasteiger charge is 2.47. The molecule has 0 radical (unpaired) electrons. The molecule has 0 bridgehead atoms. The average Bonchev–Trinajstić information content (AvgIpc) is 2.27. The maximum absolute atomic E-state index is 10.8. The van der Waals surface area contributed by atoms with E-state index < -0.39 is 43.3 Å². The SMILES string of the molecule is CC(=O)O[C@@H]1C(O)O[C@H](CO)[C@@H](O)[C@@H]1OC=O. The van der Waals surface area contributed by atoms with Gasteiger partial charge in [-0.3, -0.25) is 9.59 Å². The van der Waals surface area contributed by atoms with Gasteiger partial charge in [-0.05, 0) is 0 Å².